The second kappa shape index (κ2) is 10.5. The maximum Gasteiger partial charge on any atom is 0.407 e. The van der Waals surface area contributed by atoms with Gasteiger partial charge in [-0.05, 0) is 51.8 Å². The van der Waals surface area contributed by atoms with E-state index in [2.05, 4.69) is 16.0 Å². The number of hydrogen-bond donors (Lipinski definition) is 3. The van der Waals surface area contributed by atoms with E-state index in [-0.39, 0.29) is 24.8 Å². The van der Waals surface area contributed by atoms with Crippen molar-refractivity contribution in [2.24, 2.45) is 5.92 Å². The highest BCUT2D eigenvalue weighted by Crippen LogP contribution is 2.16. The molecular formula is C21H31N3O4. The molecule has 1 rings (SSSR count). The van der Waals surface area contributed by atoms with E-state index in [4.69, 9.17) is 4.74 Å². The molecule has 0 saturated heterocycles. The molecule has 0 aromatic heterocycles. The number of benzene rings is 1. The molecule has 0 radical (unpaired) electrons. The van der Waals surface area contributed by atoms with Crippen molar-refractivity contribution in [3.63, 3.8) is 0 Å². The molecule has 3 amide bonds. The summed E-state index contributed by atoms with van der Waals surface area (Å²) in [5.41, 5.74) is 1.55. The third-order valence-electron chi connectivity index (χ3n) is 3.70. The molecule has 0 bridgehead atoms. The number of anilines is 2. The molecule has 3 N–H and O–H groups in total. The van der Waals surface area contributed by atoms with Crippen LogP contribution in [-0.4, -0.2) is 30.1 Å². The zero-order chi connectivity index (χ0) is 21.3. The molecule has 0 atom stereocenters. The lowest BCUT2D eigenvalue weighted by Crippen LogP contribution is -2.34. The second-order valence-corrected chi connectivity index (χ2v) is 7.84. The largest absolute Gasteiger partial charge is 0.444 e. The van der Waals surface area contributed by atoms with Crippen molar-refractivity contribution in [3.05, 3.63) is 35.9 Å². The molecule has 154 valence electrons. The first-order valence-electron chi connectivity index (χ1n) is 9.32. The van der Waals surface area contributed by atoms with E-state index in [1.165, 1.54) is 0 Å². The Labute approximate surface area is 166 Å². The number of amides is 3. The van der Waals surface area contributed by atoms with Crippen molar-refractivity contribution in [2.75, 3.05) is 17.2 Å². The quantitative estimate of drug-likeness (QED) is 0.612. The maximum absolute atomic E-state index is 12.0. The van der Waals surface area contributed by atoms with E-state index in [0.29, 0.717) is 17.3 Å². The van der Waals surface area contributed by atoms with Crippen LogP contribution in [0, 0.1) is 5.92 Å². The predicted molar refractivity (Wildman–Crippen MR) is 111 cm³/mol. The minimum atomic E-state index is -0.583. The van der Waals surface area contributed by atoms with E-state index >= 15 is 0 Å². The van der Waals surface area contributed by atoms with Crippen molar-refractivity contribution in [3.8, 4) is 0 Å². The molecule has 0 fully saturated rings. The van der Waals surface area contributed by atoms with Crippen LogP contribution < -0.4 is 16.0 Å². The summed E-state index contributed by atoms with van der Waals surface area (Å²) in [5.74, 6) is -0.169. The van der Waals surface area contributed by atoms with Crippen molar-refractivity contribution in [1.29, 1.82) is 0 Å². The fraction of sp³-hybridized carbons (Fsp3) is 0.476. The first-order chi connectivity index (χ1) is 13.0. The molecule has 1 aromatic carbocycles. The Bertz CT molecular complexity index is 733. The summed E-state index contributed by atoms with van der Waals surface area (Å²) in [5, 5.41) is 8.05. The van der Waals surface area contributed by atoms with E-state index in [1.807, 2.05) is 20.8 Å². The average Bonchev–Trinajstić information content (AvgIpc) is 2.53. The number of carbonyl (C=O) groups is 3. The summed E-state index contributed by atoms with van der Waals surface area (Å²) in [6, 6.07) is 6.89. The van der Waals surface area contributed by atoms with Crippen LogP contribution >= 0.6 is 0 Å². The van der Waals surface area contributed by atoms with Crippen LogP contribution in [0.4, 0.5) is 16.2 Å². The van der Waals surface area contributed by atoms with E-state index in [0.717, 1.165) is 5.57 Å². The van der Waals surface area contributed by atoms with Gasteiger partial charge in [-0.25, -0.2) is 4.79 Å². The average molecular weight is 389 g/mol. The fourth-order valence-electron chi connectivity index (χ4n) is 2.04. The van der Waals surface area contributed by atoms with Crippen molar-refractivity contribution in [1.82, 2.24) is 5.32 Å². The number of ether oxygens (including phenoxy) is 1. The smallest absolute Gasteiger partial charge is 0.407 e. The molecule has 0 spiro atoms. The Hall–Kier alpha value is -2.83. The Morgan fingerprint density at radius 1 is 1.11 bits per heavy atom. The molecule has 0 heterocycles. The van der Waals surface area contributed by atoms with E-state index in [9.17, 15) is 14.4 Å². The van der Waals surface area contributed by atoms with Crippen molar-refractivity contribution in [2.45, 2.75) is 53.6 Å². The number of carbonyl (C=O) groups excluding carboxylic acids is 3. The lowest BCUT2D eigenvalue weighted by molar-refractivity contribution is -0.116. The molecule has 28 heavy (non-hydrogen) atoms. The number of allylic oxidation sites excluding steroid dienone is 1. The van der Waals surface area contributed by atoms with Crippen LogP contribution in [0.3, 0.4) is 0 Å². The zero-order valence-electron chi connectivity index (χ0n) is 17.5. The molecular weight excluding hydrogens is 358 g/mol. The lowest BCUT2D eigenvalue weighted by Gasteiger charge is -2.19. The van der Waals surface area contributed by atoms with Crippen LogP contribution in [-0.2, 0) is 14.3 Å². The van der Waals surface area contributed by atoms with Gasteiger partial charge in [0.05, 0.1) is 0 Å². The number of rotatable bonds is 7. The second-order valence-electron chi connectivity index (χ2n) is 7.84. The van der Waals surface area contributed by atoms with Crippen LogP contribution in [0.25, 0.3) is 0 Å². The van der Waals surface area contributed by atoms with E-state index < -0.39 is 11.7 Å². The summed E-state index contributed by atoms with van der Waals surface area (Å²) in [6.45, 7) is 11.4. The van der Waals surface area contributed by atoms with E-state index in [1.54, 1.807) is 51.1 Å². The van der Waals surface area contributed by atoms with Gasteiger partial charge in [0.15, 0.2) is 0 Å². The van der Waals surface area contributed by atoms with Gasteiger partial charge >= 0.3 is 6.09 Å². The van der Waals surface area contributed by atoms with Gasteiger partial charge < -0.3 is 20.7 Å². The standard InChI is InChI=1S/C21H31N3O4/c1-14(2)15(3)12-19(26)24-17-9-7-8-16(13-17)23-18(25)10-11-22-20(27)28-21(4,5)6/h7-9,12-14H,10-11H2,1-6H3,(H,22,27)(H,23,25)(H,24,26)/b15-12+. The molecule has 0 unspecified atom stereocenters. The molecule has 7 heteroatoms. The third-order valence-corrected chi connectivity index (χ3v) is 3.70. The molecule has 0 aliphatic rings. The Kier molecular flexibility index (Phi) is 8.70. The Balaban J connectivity index is 2.51. The van der Waals surface area contributed by atoms with Crippen molar-refractivity contribution >= 4 is 29.3 Å². The van der Waals surface area contributed by atoms with Crippen LogP contribution in [0.15, 0.2) is 35.9 Å². The molecule has 0 aliphatic heterocycles. The maximum atomic E-state index is 12.0. The minimum absolute atomic E-state index is 0.103. The van der Waals surface area contributed by atoms with Gasteiger partial charge in [-0.15, -0.1) is 0 Å². The summed E-state index contributed by atoms with van der Waals surface area (Å²) >= 11 is 0. The highest BCUT2D eigenvalue weighted by molar-refractivity contribution is 6.00. The highest BCUT2D eigenvalue weighted by Gasteiger charge is 2.16. The summed E-state index contributed by atoms with van der Waals surface area (Å²) < 4.78 is 5.11. The van der Waals surface area contributed by atoms with Crippen LogP contribution in [0.5, 0.6) is 0 Å². The Morgan fingerprint density at radius 3 is 2.29 bits per heavy atom. The van der Waals surface area contributed by atoms with Gasteiger partial charge in [0.25, 0.3) is 0 Å². The summed E-state index contributed by atoms with van der Waals surface area (Å²) in [4.78, 5) is 35.6. The highest BCUT2D eigenvalue weighted by atomic mass is 16.6. The predicted octanol–water partition coefficient (Wildman–Crippen LogP) is 4.08. The monoisotopic (exact) mass is 389 g/mol. The first kappa shape index (κ1) is 23.2. The SMILES string of the molecule is C/C(=C\C(=O)Nc1cccc(NC(=O)CCNC(=O)OC(C)(C)C)c1)C(C)C. The number of hydrogen-bond acceptors (Lipinski definition) is 4. The zero-order valence-corrected chi connectivity index (χ0v) is 17.5. The molecule has 0 saturated carbocycles. The van der Waals surface area contributed by atoms with Gasteiger partial charge in [0, 0.05) is 30.4 Å². The van der Waals surface area contributed by atoms with Gasteiger partial charge in [0.2, 0.25) is 11.8 Å². The lowest BCUT2D eigenvalue weighted by atomic mass is 10.1. The normalized spacial score (nSPS) is 11.8. The third kappa shape index (κ3) is 9.75. The van der Waals surface area contributed by atoms with Gasteiger partial charge in [-0.1, -0.05) is 25.5 Å². The van der Waals surface area contributed by atoms with Gasteiger partial charge in [-0.2, -0.15) is 0 Å². The fourth-order valence-corrected chi connectivity index (χ4v) is 2.04. The molecule has 1 aromatic rings. The van der Waals surface area contributed by atoms with Gasteiger partial charge in [-0.3, -0.25) is 9.59 Å². The first-order valence-corrected chi connectivity index (χ1v) is 9.32. The molecule has 0 aliphatic carbocycles. The topological polar surface area (TPSA) is 96.5 Å². The minimum Gasteiger partial charge on any atom is -0.444 e. The number of nitrogens with one attached hydrogen (secondary N) is 3. The summed E-state index contributed by atoms with van der Waals surface area (Å²) in [7, 11) is 0. The van der Waals surface area contributed by atoms with Crippen LogP contribution in [0.1, 0.15) is 48.0 Å². The van der Waals surface area contributed by atoms with Crippen LogP contribution in [0.2, 0.25) is 0 Å². The van der Waals surface area contributed by atoms with Gasteiger partial charge in [0.1, 0.15) is 5.60 Å². The Morgan fingerprint density at radius 2 is 1.71 bits per heavy atom. The van der Waals surface area contributed by atoms with Crippen molar-refractivity contribution < 1.29 is 19.1 Å². The summed E-state index contributed by atoms with van der Waals surface area (Å²) in [6.07, 6.45) is 1.11. The molecule has 7 nitrogen and oxygen atoms in total. The number of alkyl carbamates (subject to hydrolysis) is 1.